The van der Waals surface area contributed by atoms with E-state index in [0.29, 0.717) is 11.6 Å². The molecular weight excluding hydrogens is 262 g/mol. The molecule has 3 rings (SSSR count). The van der Waals surface area contributed by atoms with Gasteiger partial charge < -0.3 is 5.32 Å². The second-order valence-corrected chi connectivity index (χ2v) is 5.46. The Morgan fingerprint density at radius 2 is 1.81 bits per heavy atom. The standard InChI is InChI=1S/C17H19N3O/c21-17(14-9-5-2-6-10-14)20-15-11-12-18-16(19-15)13-7-3-1-4-8-13/h1,3-4,7-8,11-12,14H,2,5-6,9-10H2,(H,18,19,20,21). The first-order chi connectivity index (χ1) is 10.3. The summed E-state index contributed by atoms with van der Waals surface area (Å²) in [5.74, 6) is 1.44. The molecule has 108 valence electrons. The maximum Gasteiger partial charge on any atom is 0.228 e. The molecule has 1 amide bonds. The summed E-state index contributed by atoms with van der Waals surface area (Å²) in [5, 5.41) is 2.93. The minimum absolute atomic E-state index is 0.0902. The molecule has 0 unspecified atom stereocenters. The number of carbonyl (C=O) groups excluding carboxylic acids is 1. The normalized spacial score (nSPS) is 15.6. The van der Waals surface area contributed by atoms with E-state index in [-0.39, 0.29) is 11.8 Å². The summed E-state index contributed by atoms with van der Waals surface area (Å²) in [6.07, 6.45) is 7.21. The van der Waals surface area contributed by atoms with Gasteiger partial charge in [-0.25, -0.2) is 9.97 Å². The SMILES string of the molecule is O=C(Nc1ccnc(-c2ccccc2)n1)C1CCCCC1. The summed E-state index contributed by atoms with van der Waals surface area (Å²) in [7, 11) is 0. The van der Waals surface area contributed by atoms with Crippen molar-refractivity contribution in [3.63, 3.8) is 0 Å². The minimum atomic E-state index is 0.0902. The third kappa shape index (κ3) is 3.45. The van der Waals surface area contributed by atoms with Crippen LogP contribution >= 0.6 is 0 Å². The van der Waals surface area contributed by atoms with Crippen molar-refractivity contribution in [1.82, 2.24) is 9.97 Å². The number of aromatic nitrogens is 2. The van der Waals surface area contributed by atoms with E-state index in [4.69, 9.17) is 0 Å². The number of benzene rings is 1. The Morgan fingerprint density at radius 3 is 2.57 bits per heavy atom. The van der Waals surface area contributed by atoms with E-state index in [2.05, 4.69) is 15.3 Å². The molecule has 2 aromatic rings. The summed E-state index contributed by atoms with van der Waals surface area (Å²) >= 11 is 0. The van der Waals surface area contributed by atoms with Gasteiger partial charge in [0.05, 0.1) is 0 Å². The summed E-state index contributed by atoms with van der Waals surface area (Å²) < 4.78 is 0. The maximum absolute atomic E-state index is 12.2. The van der Waals surface area contributed by atoms with Gasteiger partial charge in [0, 0.05) is 17.7 Å². The minimum Gasteiger partial charge on any atom is -0.310 e. The van der Waals surface area contributed by atoms with Crippen LogP contribution in [0, 0.1) is 5.92 Å². The Hall–Kier alpha value is -2.23. The van der Waals surface area contributed by atoms with Crippen LogP contribution in [0.1, 0.15) is 32.1 Å². The van der Waals surface area contributed by atoms with E-state index in [0.717, 1.165) is 31.2 Å². The van der Waals surface area contributed by atoms with E-state index >= 15 is 0 Å². The first kappa shape index (κ1) is 13.7. The summed E-state index contributed by atoms with van der Waals surface area (Å²) in [6, 6.07) is 11.5. The number of nitrogens with zero attached hydrogens (tertiary/aromatic N) is 2. The summed E-state index contributed by atoms with van der Waals surface area (Å²) in [6.45, 7) is 0. The molecule has 1 heterocycles. The van der Waals surface area contributed by atoms with Crippen LogP contribution in [0.5, 0.6) is 0 Å². The molecule has 1 aromatic heterocycles. The van der Waals surface area contributed by atoms with Crippen molar-refractivity contribution in [3.05, 3.63) is 42.6 Å². The second-order valence-electron chi connectivity index (χ2n) is 5.46. The molecule has 4 nitrogen and oxygen atoms in total. The lowest BCUT2D eigenvalue weighted by molar-refractivity contribution is -0.120. The molecule has 21 heavy (non-hydrogen) atoms. The van der Waals surface area contributed by atoms with Gasteiger partial charge in [-0.1, -0.05) is 49.6 Å². The monoisotopic (exact) mass is 281 g/mol. The van der Waals surface area contributed by atoms with E-state index in [1.165, 1.54) is 6.42 Å². The fourth-order valence-electron chi connectivity index (χ4n) is 2.75. The Kier molecular flexibility index (Phi) is 4.24. The lowest BCUT2D eigenvalue weighted by Crippen LogP contribution is -2.25. The van der Waals surface area contributed by atoms with Crippen LogP contribution in [0.3, 0.4) is 0 Å². The molecular formula is C17H19N3O. The van der Waals surface area contributed by atoms with Crippen molar-refractivity contribution in [2.45, 2.75) is 32.1 Å². The summed E-state index contributed by atoms with van der Waals surface area (Å²) in [5.41, 5.74) is 0.950. The largest absolute Gasteiger partial charge is 0.310 e. The van der Waals surface area contributed by atoms with Gasteiger partial charge >= 0.3 is 0 Å². The average Bonchev–Trinajstić information content (AvgIpc) is 2.57. The third-order valence-electron chi connectivity index (χ3n) is 3.91. The number of hydrogen-bond donors (Lipinski definition) is 1. The number of amides is 1. The van der Waals surface area contributed by atoms with Crippen LogP contribution in [-0.2, 0) is 4.79 Å². The average molecular weight is 281 g/mol. The van der Waals surface area contributed by atoms with Crippen LogP contribution in [0.15, 0.2) is 42.6 Å². The van der Waals surface area contributed by atoms with E-state index in [9.17, 15) is 4.79 Å². The van der Waals surface area contributed by atoms with Crippen LogP contribution in [0.2, 0.25) is 0 Å². The first-order valence-electron chi connectivity index (χ1n) is 7.52. The van der Waals surface area contributed by atoms with E-state index in [1.54, 1.807) is 12.3 Å². The molecule has 1 fully saturated rings. The Morgan fingerprint density at radius 1 is 1.05 bits per heavy atom. The van der Waals surface area contributed by atoms with Gasteiger partial charge in [0.1, 0.15) is 5.82 Å². The molecule has 0 aliphatic heterocycles. The predicted octanol–water partition coefficient (Wildman–Crippen LogP) is 3.66. The zero-order valence-corrected chi connectivity index (χ0v) is 12.0. The van der Waals surface area contributed by atoms with Crippen LogP contribution < -0.4 is 5.32 Å². The van der Waals surface area contributed by atoms with Gasteiger partial charge in [-0.05, 0) is 18.9 Å². The van der Waals surface area contributed by atoms with Crippen LogP contribution in [0.4, 0.5) is 5.82 Å². The molecule has 0 saturated heterocycles. The topological polar surface area (TPSA) is 54.9 Å². The Bertz CT molecular complexity index is 606. The van der Waals surface area contributed by atoms with Crippen molar-refractivity contribution < 1.29 is 4.79 Å². The van der Waals surface area contributed by atoms with Crippen molar-refractivity contribution in [2.24, 2.45) is 5.92 Å². The number of hydrogen-bond acceptors (Lipinski definition) is 3. The molecule has 1 aromatic carbocycles. The molecule has 4 heteroatoms. The zero-order valence-electron chi connectivity index (χ0n) is 12.0. The van der Waals surface area contributed by atoms with Crippen molar-refractivity contribution in [3.8, 4) is 11.4 Å². The van der Waals surface area contributed by atoms with Gasteiger partial charge in [0.15, 0.2) is 5.82 Å². The highest BCUT2D eigenvalue weighted by Crippen LogP contribution is 2.25. The lowest BCUT2D eigenvalue weighted by atomic mass is 9.89. The zero-order chi connectivity index (χ0) is 14.5. The molecule has 1 saturated carbocycles. The van der Waals surface area contributed by atoms with Crippen LogP contribution in [-0.4, -0.2) is 15.9 Å². The summed E-state index contributed by atoms with van der Waals surface area (Å²) in [4.78, 5) is 20.9. The highest BCUT2D eigenvalue weighted by Gasteiger charge is 2.21. The molecule has 1 N–H and O–H groups in total. The highest BCUT2D eigenvalue weighted by molar-refractivity contribution is 5.91. The van der Waals surface area contributed by atoms with Gasteiger partial charge in [0.25, 0.3) is 0 Å². The molecule has 0 atom stereocenters. The van der Waals surface area contributed by atoms with Crippen LogP contribution in [0.25, 0.3) is 11.4 Å². The fraction of sp³-hybridized carbons (Fsp3) is 0.353. The third-order valence-corrected chi connectivity index (χ3v) is 3.91. The van der Waals surface area contributed by atoms with Gasteiger partial charge in [0.2, 0.25) is 5.91 Å². The number of carbonyl (C=O) groups is 1. The number of anilines is 1. The Labute approximate surface area is 124 Å². The van der Waals surface area contributed by atoms with E-state index < -0.39 is 0 Å². The van der Waals surface area contributed by atoms with Crippen molar-refractivity contribution in [2.75, 3.05) is 5.32 Å². The second kappa shape index (κ2) is 6.48. The lowest BCUT2D eigenvalue weighted by Gasteiger charge is -2.20. The smallest absolute Gasteiger partial charge is 0.228 e. The predicted molar refractivity (Wildman–Crippen MR) is 82.7 cm³/mol. The van der Waals surface area contributed by atoms with Crippen molar-refractivity contribution >= 4 is 11.7 Å². The fourth-order valence-corrected chi connectivity index (χ4v) is 2.75. The molecule has 0 radical (unpaired) electrons. The van der Waals surface area contributed by atoms with Gasteiger partial charge in [-0.2, -0.15) is 0 Å². The van der Waals surface area contributed by atoms with Crippen molar-refractivity contribution in [1.29, 1.82) is 0 Å². The quantitative estimate of drug-likeness (QED) is 0.934. The highest BCUT2D eigenvalue weighted by atomic mass is 16.1. The van der Waals surface area contributed by atoms with Gasteiger partial charge in [-0.3, -0.25) is 4.79 Å². The molecule has 1 aliphatic carbocycles. The Balaban J connectivity index is 1.73. The van der Waals surface area contributed by atoms with E-state index in [1.807, 2.05) is 30.3 Å². The molecule has 0 bridgehead atoms. The molecule has 0 spiro atoms. The van der Waals surface area contributed by atoms with Gasteiger partial charge in [-0.15, -0.1) is 0 Å². The molecule has 1 aliphatic rings. The number of rotatable bonds is 3. The maximum atomic E-state index is 12.2. The number of nitrogens with one attached hydrogen (secondary N) is 1. The first-order valence-corrected chi connectivity index (χ1v) is 7.52.